The van der Waals surface area contributed by atoms with Gasteiger partial charge in [-0.15, -0.1) is 12.4 Å². The van der Waals surface area contributed by atoms with E-state index in [4.69, 9.17) is 5.73 Å². The largest absolute Gasteiger partial charge is 0.327 e. The summed E-state index contributed by atoms with van der Waals surface area (Å²) in [7, 11) is -7.64. The van der Waals surface area contributed by atoms with E-state index in [1.165, 1.54) is 0 Å². The first-order valence-corrected chi connectivity index (χ1v) is 8.66. The topological polar surface area (TPSA) is 106 Å². The quantitative estimate of drug-likeness (QED) is 0.796. The maximum Gasteiger partial charge on any atom is 0.240 e. The molecule has 0 amide bonds. The van der Waals surface area contributed by atoms with Crippen LogP contribution >= 0.6 is 12.4 Å². The van der Waals surface area contributed by atoms with Gasteiger partial charge in [-0.1, -0.05) is 0 Å². The Morgan fingerprint density at radius 1 is 1.30 bits per heavy atom. The molecule has 0 aliphatic heterocycles. The van der Waals surface area contributed by atoms with Crippen molar-refractivity contribution in [3.8, 4) is 0 Å². The Morgan fingerprint density at radius 3 is 2.25 bits per heavy atom. The Hall–Kier alpha value is -0.740. The maximum absolute atomic E-state index is 13.6. The van der Waals surface area contributed by atoms with Crippen molar-refractivity contribution in [3.63, 3.8) is 0 Å². The summed E-state index contributed by atoms with van der Waals surface area (Å²) < 4.78 is 61.7. The Balaban J connectivity index is 0.00000361. The molecule has 10 heteroatoms. The number of nitrogens with two attached hydrogens (primary N) is 1. The Kier molecular flexibility index (Phi) is 6.56. The highest BCUT2D eigenvalue weighted by Crippen LogP contribution is 2.18. The number of hydrogen-bond acceptors (Lipinski definition) is 5. The molecule has 0 fully saturated rings. The van der Waals surface area contributed by atoms with Gasteiger partial charge in [0.15, 0.2) is 9.84 Å². The Labute approximate surface area is 123 Å². The van der Waals surface area contributed by atoms with Gasteiger partial charge in [0, 0.05) is 18.8 Å². The minimum atomic E-state index is -3.90. The zero-order chi connectivity index (χ0) is 14.8. The zero-order valence-corrected chi connectivity index (χ0v) is 13.3. The summed E-state index contributed by atoms with van der Waals surface area (Å²) in [5, 5.41) is 0. The lowest BCUT2D eigenvalue weighted by Gasteiger charge is -2.09. The number of nitrogens with one attached hydrogen (secondary N) is 1. The zero-order valence-electron chi connectivity index (χ0n) is 10.8. The van der Waals surface area contributed by atoms with Crippen LogP contribution in [0.1, 0.15) is 6.92 Å². The lowest BCUT2D eigenvalue weighted by molar-refractivity contribution is 0.558. The molecule has 3 N–H and O–H groups in total. The van der Waals surface area contributed by atoms with Gasteiger partial charge in [0.2, 0.25) is 10.0 Å². The van der Waals surface area contributed by atoms with Gasteiger partial charge in [-0.2, -0.15) is 0 Å². The fraction of sp³-hybridized carbons (Fsp3) is 0.400. The van der Waals surface area contributed by atoms with Gasteiger partial charge < -0.3 is 5.73 Å². The fourth-order valence-electron chi connectivity index (χ4n) is 1.27. The molecular formula is C10H16ClFN2O4S2. The van der Waals surface area contributed by atoms with Gasteiger partial charge >= 0.3 is 0 Å². The number of sulfonamides is 1. The number of halogens is 2. The standard InChI is InChI=1S/C10H15FN2O4S2.ClH/c1-7(12)6-13-19(16,17)8-3-4-10(9(11)5-8)18(2,14)15;/h3-5,7,13H,6,12H2,1-2H3;1H. The van der Waals surface area contributed by atoms with Crippen LogP contribution in [-0.2, 0) is 19.9 Å². The van der Waals surface area contributed by atoms with Crippen molar-refractivity contribution in [1.29, 1.82) is 0 Å². The van der Waals surface area contributed by atoms with Gasteiger partial charge in [-0.3, -0.25) is 0 Å². The third-order valence-electron chi connectivity index (χ3n) is 2.21. The molecule has 0 aliphatic rings. The van der Waals surface area contributed by atoms with E-state index in [0.29, 0.717) is 6.07 Å². The lowest BCUT2D eigenvalue weighted by Crippen LogP contribution is -2.35. The highest BCUT2D eigenvalue weighted by molar-refractivity contribution is 7.90. The van der Waals surface area contributed by atoms with E-state index in [0.717, 1.165) is 18.4 Å². The van der Waals surface area contributed by atoms with Crippen LogP contribution < -0.4 is 10.5 Å². The fourth-order valence-corrected chi connectivity index (χ4v) is 3.16. The molecule has 0 saturated heterocycles. The molecule has 1 atom stereocenters. The summed E-state index contributed by atoms with van der Waals surface area (Å²) in [6.07, 6.45) is 0.841. The van der Waals surface area contributed by atoms with E-state index in [-0.39, 0.29) is 23.8 Å². The van der Waals surface area contributed by atoms with Gasteiger partial charge in [-0.25, -0.2) is 25.9 Å². The van der Waals surface area contributed by atoms with Crippen LogP contribution in [-0.4, -0.2) is 35.7 Å². The molecule has 0 aliphatic carbocycles. The van der Waals surface area contributed by atoms with Crippen LogP contribution in [0.4, 0.5) is 4.39 Å². The third kappa shape index (κ3) is 4.98. The predicted octanol–water partition coefficient (Wildman–Crippen LogP) is 0.277. The highest BCUT2D eigenvalue weighted by Gasteiger charge is 2.19. The summed E-state index contributed by atoms with van der Waals surface area (Å²) in [5.74, 6) is -1.11. The molecule has 0 bridgehead atoms. The van der Waals surface area contributed by atoms with Gasteiger partial charge in [0.25, 0.3) is 0 Å². The summed E-state index contributed by atoms with van der Waals surface area (Å²) in [6.45, 7) is 1.60. The van der Waals surface area contributed by atoms with Crippen LogP contribution in [0.25, 0.3) is 0 Å². The van der Waals surface area contributed by atoms with Gasteiger partial charge in [0.05, 0.1) is 4.90 Å². The second kappa shape index (κ2) is 6.81. The van der Waals surface area contributed by atoms with Crippen LogP contribution in [0, 0.1) is 5.82 Å². The van der Waals surface area contributed by atoms with E-state index in [2.05, 4.69) is 4.72 Å². The highest BCUT2D eigenvalue weighted by atomic mass is 35.5. The summed E-state index contributed by atoms with van der Waals surface area (Å²) in [6, 6.07) is 2.23. The van der Waals surface area contributed by atoms with Gasteiger partial charge in [-0.05, 0) is 25.1 Å². The third-order valence-corrected chi connectivity index (χ3v) is 4.76. The number of rotatable bonds is 5. The monoisotopic (exact) mass is 346 g/mol. The Morgan fingerprint density at radius 2 is 1.85 bits per heavy atom. The number of benzene rings is 1. The minimum absolute atomic E-state index is 0. The molecule has 1 aromatic rings. The molecule has 116 valence electrons. The molecule has 0 saturated carbocycles. The molecule has 6 nitrogen and oxygen atoms in total. The van der Waals surface area contributed by atoms with Crippen LogP contribution in [0.15, 0.2) is 28.0 Å². The normalized spacial score (nSPS) is 13.6. The first kappa shape index (κ1) is 19.3. The van der Waals surface area contributed by atoms with Crippen LogP contribution in [0.5, 0.6) is 0 Å². The Bertz CT molecular complexity index is 674. The molecule has 1 rings (SSSR count). The molecule has 1 aromatic carbocycles. The molecule has 0 heterocycles. The summed E-state index contributed by atoms with van der Waals surface area (Å²) in [4.78, 5) is -0.892. The van der Waals surface area contributed by atoms with Crippen molar-refractivity contribution in [2.24, 2.45) is 5.73 Å². The van der Waals surface area contributed by atoms with Crippen molar-refractivity contribution < 1.29 is 21.2 Å². The molecule has 0 spiro atoms. The molecular weight excluding hydrogens is 331 g/mol. The second-order valence-corrected chi connectivity index (χ2v) is 7.94. The SMILES string of the molecule is CC(N)CNS(=O)(=O)c1ccc(S(C)(=O)=O)c(F)c1.Cl. The molecule has 1 unspecified atom stereocenters. The molecule has 0 aromatic heterocycles. The predicted molar refractivity (Wildman–Crippen MR) is 75.6 cm³/mol. The maximum atomic E-state index is 13.6. The summed E-state index contributed by atoms with van der Waals surface area (Å²) >= 11 is 0. The first-order valence-electron chi connectivity index (χ1n) is 5.29. The van der Waals surface area contributed by atoms with Crippen molar-refractivity contribution in [1.82, 2.24) is 4.72 Å². The van der Waals surface area contributed by atoms with E-state index in [1.54, 1.807) is 6.92 Å². The van der Waals surface area contributed by atoms with Crippen LogP contribution in [0.3, 0.4) is 0 Å². The van der Waals surface area contributed by atoms with E-state index in [9.17, 15) is 21.2 Å². The van der Waals surface area contributed by atoms with E-state index >= 15 is 0 Å². The average molecular weight is 347 g/mol. The summed E-state index contributed by atoms with van der Waals surface area (Å²) in [5.41, 5.74) is 5.41. The molecule has 0 radical (unpaired) electrons. The van der Waals surface area contributed by atoms with E-state index in [1.807, 2.05) is 0 Å². The smallest absolute Gasteiger partial charge is 0.240 e. The van der Waals surface area contributed by atoms with Gasteiger partial charge in [0.1, 0.15) is 10.7 Å². The second-order valence-electron chi connectivity index (χ2n) is 4.19. The first-order chi connectivity index (χ1) is 8.54. The van der Waals surface area contributed by atoms with Crippen molar-refractivity contribution in [2.45, 2.75) is 22.8 Å². The number of sulfone groups is 1. The average Bonchev–Trinajstić information content (AvgIpc) is 2.24. The van der Waals surface area contributed by atoms with E-state index < -0.39 is 36.6 Å². The van der Waals surface area contributed by atoms with Crippen molar-refractivity contribution in [2.75, 3.05) is 12.8 Å². The van der Waals surface area contributed by atoms with Crippen molar-refractivity contribution in [3.05, 3.63) is 24.0 Å². The van der Waals surface area contributed by atoms with Crippen LogP contribution in [0.2, 0.25) is 0 Å². The van der Waals surface area contributed by atoms with Crippen molar-refractivity contribution >= 4 is 32.3 Å². The number of hydrogen-bond donors (Lipinski definition) is 2. The lowest BCUT2D eigenvalue weighted by atomic mass is 10.3. The minimum Gasteiger partial charge on any atom is -0.327 e. The molecule has 20 heavy (non-hydrogen) atoms.